The standard InChI is InChI=1S/C10H16N4O2S/c1-2-11-10-12-4-3-9(13-10)14-5-7-17(15,16)8-6-14/h3-4H,2,5-8H2,1H3,(H,11,12,13). The number of hydrogen-bond acceptors (Lipinski definition) is 6. The summed E-state index contributed by atoms with van der Waals surface area (Å²) in [6.07, 6.45) is 1.68. The van der Waals surface area contributed by atoms with E-state index in [1.807, 2.05) is 11.8 Å². The highest BCUT2D eigenvalue weighted by atomic mass is 32.2. The molecule has 17 heavy (non-hydrogen) atoms. The van der Waals surface area contributed by atoms with Gasteiger partial charge in [0.15, 0.2) is 9.84 Å². The first-order chi connectivity index (χ1) is 8.11. The molecule has 1 saturated heterocycles. The topological polar surface area (TPSA) is 75.2 Å². The summed E-state index contributed by atoms with van der Waals surface area (Å²) in [6.45, 7) is 3.75. The van der Waals surface area contributed by atoms with Gasteiger partial charge in [-0.15, -0.1) is 0 Å². The number of aromatic nitrogens is 2. The zero-order chi connectivity index (χ0) is 12.3. The molecule has 1 N–H and O–H groups in total. The van der Waals surface area contributed by atoms with Gasteiger partial charge in [-0.2, -0.15) is 4.98 Å². The van der Waals surface area contributed by atoms with Crippen LogP contribution in [0.4, 0.5) is 11.8 Å². The van der Waals surface area contributed by atoms with Crippen LogP contribution in [0.1, 0.15) is 6.92 Å². The largest absolute Gasteiger partial charge is 0.354 e. The van der Waals surface area contributed by atoms with E-state index in [1.165, 1.54) is 0 Å². The third kappa shape index (κ3) is 3.06. The van der Waals surface area contributed by atoms with E-state index in [1.54, 1.807) is 12.3 Å². The van der Waals surface area contributed by atoms with Gasteiger partial charge in [0.1, 0.15) is 5.82 Å². The second-order valence-electron chi connectivity index (χ2n) is 3.91. The molecule has 0 amide bonds. The van der Waals surface area contributed by atoms with Crippen LogP contribution in [-0.4, -0.2) is 49.5 Å². The van der Waals surface area contributed by atoms with Gasteiger partial charge in [-0.3, -0.25) is 0 Å². The lowest BCUT2D eigenvalue weighted by molar-refractivity contribution is 0.586. The number of anilines is 2. The summed E-state index contributed by atoms with van der Waals surface area (Å²) in [5, 5.41) is 3.04. The first kappa shape index (κ1) is 12.1. The molecule has 2 heterocycles. The molecule has 1 fully saturated rings. The van der Waals surface area contributed by atoms with Crippen LogP contribution in [-0.2, 0) is 9.84 Å². The molecule has 0 aromatic carbocycles. The van der Waals surface area contributed by atoms with Crippen molar-refractivity contribution in [3.05, 3.63) is 12.3 Å². The average Bonchev–Trinajstić information content (AvgIpc) is 2.30. The fourth-order valence-electron chi connectivity index (χ4n) is 1.71. The van der Waals surface area contributed by atoms with E-state index in [4.69, 9.17) is 0 Å². The molecule has 0 radical (unpaired) electrons. The number of sulfone groups is 1. The minimum absolute atomic E-state index is 0.202. The summed E-state index contributed by atoms with van der Waals surface area (Å²) >= 11 is 0. The Morgan fingerprint density at radius 3 is 2.76 bits per heavy atom. The van der Waals surface area contributed by atoms with Crippen LogP contribution in [0.15, 0.2) is 12.3 Å². The fourth-order valence-corrected chi connectivity index (χ4v) is 2.91. The molecule has 1 aliphatic rings. The smallest absolute Gasteiger partial charge is 0.224 e. The van der Waals surface area contributed by atoms with E-state index in [2.05, 4.69) is 15.3 Å². The van der Waals surface area contributed by atoms with E-state index >= 15 is 0 Å². The van der Waals surface area contributed by atoms with Crippen molar-refractivity contribution in [2.24, 2.45) is 0 Å². The van der Waals surface area contributed by atoms with E-state index in [-0.39, 0.29) is 11.5 Å². The Hall–Kier alpha value is -1.37. The molecule has 1 aromatic rings. The molecule has 0 bridgehead atoms. The molecule has 7 heteroatoms. The predicted molar refractivity (Wildman–Crippen MR) is 67.1 cm³/mol. The highest BCUT2D eigenvalue weighted by molar-refractivity contribution is 7.91. The fraction of sp³-hybridized carbons (Fsp3) is 0.600. The van der Waals surface area contributed by atoms with E-state index in [9.17, 15) is 8.42 Å². The average molecular weight is 256 g/mol. The second kappa shape index (κ2) is 4.87. The lowest BCUT2D eigenvalue weighted by Gasteiger charge is -2.27. The second-order valence-corrected chi connectivity index (χ2v) is 6.21. The Morgan fingerprint density at radius 1 is 1.41 bits per heavy atom. The molecule has 1 aromatic heterocycles. The maximum absolute atomic E-state index is 11.3. The number of nitrogens with zero attached hydrogens (tertiary/aromatic N) is 3. The molecule has 94 valence electrons. The lowest BCUT2D eigenvalue weighted by Crippen LogP contribution is -2.40. The van der Waals surface area contributed by atoms with Gasteiger partial charge >= 0.3 is 0 Å². The van der Waals surface area contributed by atoms with Crippen molar-refractivity contribution in [2.75, 3.05) is 41.4 Å². The maximum Gasteiger partial charge on any atom is 0.224 e. The van der Waals surface area contributed by atoms with Gasteiger partial charge < -0.3 is 10.2 Å². The summed E-state index contributed by atoms with van der Waals surface area (Å²) in [4.78, 5) is 10.4. The Bertz CT molecular complexity index is 475. The molecule has 2 rings (SSSR count). The van der Waals surface area contributed by atoms with Crippen LogP contribution in [0.2, 0.25) is 0 Å². The predicted octanol–water partition coefficient (Wildman–Crippen LogP) is 0.143. The van der Waals surface area contributed by atoms with E-state index < -0.39 is 9.84 Å². The van der Waals surface area contributed by atoms with Gasteiger partial charge in [-0.25, -0.2) is 13.4 Å². The zero-order valence-corrected chi connectivity index (χ0v) is 10.6. The summed E-state index contributed by atoms with van der Waals surface area (Å²) in [6, 6.07) is 1.80. The van der Waals surface area contributed by atoms with Crippen molar-refractivity contribution in [1.82, 2.24) is 9.97 Å². The van der Waals surface area contributed by atoms with Crippen molar-refractivity contribution in [3.8, 4) is 0 Å². The Morgan fingerprint density at radius 2 is 2.12 bits per heavy atom. The first-order valence-electron chi connectivity index (χ1n) is 5.63. The van der Waals surface area contributed by atoms with Crippen LogP contribution in [0.25, 0.3) is 0 Å². The number of rotatable bonds is 3. The van der Waals surface area contributed by atoms with Crippen LogP contribution in [0.5, 0.6) is 0 Å². The van der Waals surface area contributed by atoms with Gasteiger partial charge in [0, 0.05) is 25.8 Å². The third-order valence-corrected chi connectivity index (χ3v) is 4.25. The highest BCUT2D eigenvalue weighted by Gasteiger charge is 2.22. The lowest BCUT2D eigenvalue weighted by atomic mass is 10.4. The molecule has 0 atom stereocenters. The van der Waals surface area contributed by atoms with Crippen molar-refractivity contribution in [2.45, 2.75) is 6.92 Å². The van der Waals surface area contributed by atoms with Crippen LogP contribution < -0.4 is 10.2 Å². The number of hydrogen-bond donors (Lipinski definition) is 1. The van der Waals surface area contributed by atoms with Gasteiger partial charge in [0.2, 0.25) is 5.95 Å². The first-order valence-corrected chi connectivity index (χ1v) is 7.45. The minimum atomic E-state index is -2.84. The maximum atomic E-state index is 11.3. The Labute approximate surface area is 101 Å². The normalized spacial score (nSPS) is 19.0. The summed E-state index contributed by atoms with van der Waals surface area (Å²) < 4.78 is 22.7. The van der Waals surface area contributed by atoms with Crippen molar-refractivity contribution in [1.29, 1.82) is 0 Å². The molecule has 0 unspecified atom stereocenters. The Balaban J connectivity index is 2.10. The van der Waals surface area contributed by atoms with Crippen LogP contribution in [0, 0.1) is 0 Å². The van der Waals surface area contributed by atoms with Crippen molar-refractivity contribution >= 4 is 21.6 Å². The molecular formula is C10H16N4O2S. The number of nitrogens with one attached hydrogen (secondary N) is 1. The quantitative estimate of drug-likeness (QED) is 0.829. The summed E-state index contributed by atoms with van der Waals surface area (Å²) in [5.74, 6) is 1.77. The molecule has 6 nitrogen and oxygen atoms in total. The van der Waals surface area contributed by atoms with Crippen molar-refractivity contribution < 1.29 is 8.42 Å². The highest BCUT2D eigenvalue weighted by Crippen LogP contribution is 2.15. The third-order valence-electron chi connectivity index (χ3n) is 2.64. The molecular weight excluding hydrogens is 240 g/mol. The summed E-state index contributed by atoms with van der Waals surface area (Å²) in [5.41, 5.74) is 0. The van der Waals surface area contributed by atoms with Gasteiger partial charge in [-0.1, -0.05) is 0 Å². The summed E-state index contributed by atoms with van der Waals surface area (Å²) in [7, 11) is -2.84. The minimum Gasteiger partial charge on any atom is -0.354 e. The monoisotopic (exact) mass is 256 g/mol. The molecule has 1 aliphatic heterocycles. The van der Waals surface area contributed by atoms with Gasteiger partial charge in [0.25, 0.3) is 0 Å². The van der Waals surface area contributed by atoms with Gasteiger partial charge in [-0.05, 0) is 13.0 Å². The van der Waals surface area contributed by atoms with E-state index in [0.717, 1.165) is 12.4 Å². The zero-order valence-electron chi connectivity index (χ0n) is 9.76. The Kier molecular flexibility index (Phi) is 3.46. The molecule has 0 spiro atoms. The molecule has 0 saturated carbocycles. The van der Waals surface area contributed by atoms with Crippen molar-refractivity contribution in [3.63, 3.8) is 0 Å². The SMILES string of the molecule is CCNc1nccc(N2CCS(=O)(=O)CC2)n1. The van der Waals surface area contributed by atoms with Crippen LogP contribution >= 0.6 is 0 Å². The van der Waals surface area contributed by atoms with Gasteiger partial charge in [0.05, 0.1) is 11.5 Å². The molecule has 0 aliphatic carbocycles. The van der Waals surface area contributed by atoms with E-state index in [0.29, 0.717) is 19.0 Å². The van der Waals surface area contributed by atoms with Crippen LogP contribution in [0.3, 0.4) is 0 Å².